The zero-order valence-corrected chi connectivity index (χ0v) is 11.9. The lowest BCUT2D eigenvalue weighted by Crippen LogP contribution is -2.39. The van der Waals surface area contributed by atoms with Crippen molar-refractivity contribution in [3.63, 3.8) is 0 Å². The minimum atomic E-state index is -4.66. The number of aryl methyl sites for hydroxylation is 1. The van der Waals surface area contributed by atoms with Gasteiger partial charge in [-0.15, -0.1) is 0 Å². The molecule has 0 saturated heterocycles. The first-order chi connectivity index (χ1) is 9.57. The largest absolute Gasteiger partial charge is 0.314 e. The number of hydrogen-bond donors (Lipinski definition) is 0. The van der Waals surface area contributed by atoms with Crippen LogP contribution in [0.15, 0.2) is 23.1 Å². The number of benzene rings is 1. The molecule has 1 rings (SSSR count). The van der Waals surface area contributed by atoms with E-state index < -0.39 is 42.9 Å². The van der Waals surface area contributed by atoms with Crippen molar-refractivity contribution in [2.45, 2.75) is 18.7 Å². The van der Waals surface area contributed by atoms with E-state index in [4.69, 9.17) is 0 Å². The zero-order valence-electron chi connectivity index (χ0n) is 11.0. The number of nitro benzene ring substituents is 1. The summed E-state index contributed by atoms with van der Waals surface area (Å²) in [6, 6.07) is 2.90. The van der Waals surface area contributed by atoms with E-state index in [1.54, 1.807) is 0 Å². The first-order valence-electron chi connectivity index (χ1n) is 5.49. The zero-order chi connectivity index (χ0) is 16.4. The molecule has 0 N–H and O–H groups in total. The van der Waals surface area contributed by atoms with E-state index in [1.807, 2.05) is 0 Å². The normalized spacial score (nSPS) is 11.0. The fraction of sp³-hybridized carbons (Fsp3) is 0.300. The summed E-state index contributed by atoms with van der Waals surface area (Å²) >= 11 is 0. The lowest BCUT2D eigenvalue weighted by atomic mass is 10.2. The van der Waals surface area contributed by atoms with Crippen LogP contribution in [0.3, 0.4) is 0 Å². The van der Waals surface area contributed by atoms with Crippen LogP contribution in [0.25, 0.3) is 0 Å². The molecule has 0 aromatic heterocycles. The van der Waals surface area contributed by atoms with Crippen LogP contribution in [0.1, 0.15) is 12.5 Å². The van der Waals surface area contributed by atoms with Crippen LogP contribution >= 0.6 is 0 Å². The Morgan fingerprint density at radius 3 is 2.29 bits per heavy atom. The molecule has 114 valence electrons. The van der Waals surface area contributed by atoms with Crippen molar-refractivity contribution in [2.24, 2.45) is 0 Å². The molecule has 0 aliphatic carbocycles. The smallest absolute Gasteiger partial charge is 0.298 e. The number of ketones is 1. The maximum atomic E-state index is 12.1. The first-order valence-corrected chi connectivity index (χ1v) is 6.93. The molecule has 0 unspecified atom stereocenters. The highest BCUT2D eigenvalue weighted by Crippen LogP contribution is 2.24. The molecule has 0 aliphatic heterocycles. The summed E-state index contributed by atoms with van der Waals surface area (Å²) in [5, 5.41) is 20.4. The summed E-state index contributed by atoms with van der Waals surface area (Å²) in [7, 11) is -4.66. The lowest BCUT2D eigenvalue weighted by Gasteiger charge is -2.13. The highest BCUT2D eigenvalue weighted by Gasteiger charge is 2.35. The van der Waals surface area contributed by atoms with E-state index in [0.29, 0.717) is 0 Å². The Bertz CT molecular complexity index is 713. The van der Waals surface area contributed by atoms with Crippen molar-refractivity contribution in [3.8, 4) is 0 Å². The van der Waals surface area contributed by atoms with Gasteiger partial charge in [-0.1, -0.05) is 6.07 Å². The van der Waals surface area contributed by atoms with E-state index in [-0.39, 0.29) is 9.98 Å². The number of hydrogen-bond acceptors (Lipinski definition) is 7. The first kappa shape index (κ1) is 16.5. The summed E-state index contributed by atoms with van der Waals surface area (Å²) in [6.07, 6.45) is 0. The number of nitro groups is 2. The minimum Gasteiger partial charge on any atom is -0.298 e. The van der Waals surface area contributed by atoms with Gasteiger partial charge in [0.15, 0.2) is 17.4 Å². The third-order valence-corrected chi connectivity index (χ3v) is 4.16. The molecule has 0 saturated carbocycles. The van der Waals surface area contributed by atoms with Crippen molar-refractivity contribution >= 4 is 21.5 Å². The van der Waals surface area contributed by atoms with E-state index in [9.17, 15) is 33.4 Å². The third kappa shape index (κ3) is 3.51. The number of rotatable bonds is 6. The second-order valence-electron chi connectivity index (χ2n) is 4.13. The molecule has 11 heteroatoms. The van der Waals surface area contributed by atoms with Crippen molar-refractivity contribution in [3.05, 3.63) is 44.0 Å². The van der Waals surface area contributed by atoms with Crippen molar-refractivity contribution < 1.29 is 23.2 Å². The maximum Gasteiger partial charge on any atom is 0.314 e. The fourth-order valence-corrected chi connectivity index (χ4v) is 2.76. The molecule has 0 radical (unpaired) electrons. The standard InChI is InChI=1S/C10H11N3O7S/c1-7-3-4-9(5-10(7)12(15)16)21(19,20)11(13(17)18)6-8(2)14/h3-5H,6H2,1-2H3. The van der Waals surface area contributed by atoms with Crippen LogP contribution in [0.5, 0.6) is 0 Å². The van der Waals surface area contributed by atoms with Crippen molar-refractivity contribution in [2.75, 3.05) is 6.54 Å². The van der Waals surface area contributed by atoms with Gasteiger partial charge in [0.05, 0.1) is 9.82 Å². The van der Waals surface area contributed by atoms with E-state index >= 15 is 0 Å². The SMILES string of the molecule is CC(=O)CN([N+](=O)[O-])S(=O)(=O)c1ccc(C)c([N+](=O)[O-])c1. The summed E-state index contributed by atoms with van der Waals surface area (Å²) in [5.41, 5.74) is -0.277. The second kappa shape index (κ2) is 5.83. The molecule has 1 aromatic rings. The molecule has 0 atom stereocenters. The van der Waals surface area contributed by atoms with Crippen LogP contribution < -0.4 is 0 Å². The van der Waals surface area contributed by atoms with Gasteiger partial charge in [0, 0.05) is 11.6 Å². The van der Waals surface area contributed by atoms with E-state index in [0.717, 1.165) is 25.1 Å². The number of carbonyl (C=O) groups excluding carboxylic acids is 1. The van der Waals surface area contributed by atoms with E-state index in [2.05, 4.69) is 0 Å². The Kier molecular flexibility index (Phi) is 4.58. The number of Topliss-reactive ketones (excluding diaryl/α,β-unsaturated/α-hetero) is 1. The second-order valence-corrected chi connectivity index (χ2v) is 5.97. The minimum absolute atomic E-state index is 0.207. The Hall–Kier alpha value is -2.56. The number of sulfonamides is 1. The summed E-state index contributed by atoms with van der Waals surface area (Å²) in [5.74, 6) is -0.739. The number of carbonyl (C=O) groups is 1. The molecule has 0 heterocycles. The number of nitrogens with zero attached hydrogens (tertiary/aromatic N) is 3. The predicted molar refractivity (Wildman–Crippen MR) is 69.4 cm³/mol. The third-order valence-electron chi connectivity index (χ3n) is 2.49. The summed E-state index contributed by atoms with van der Waals surface area (Å²) < 4.78 is 24.0. The average molecular weight is 317 g/mol. The monoisotopic (exact) mass is 317 g/mol. The Labute approximate surface area is 119 Å². The van der Waals surface area contributed by atoms with Gasteiger partial charge in [-0.25, -0.2) is 10.1 Å². The van der Waals surface area contributed by atoms with Gasteiger partial charge in [-0.2, -0.15) is 8.42 Å². The predicted octanol–water partition coefficient (Wildman–Crippen LogP) is 0.675. The molecule has 10 nitrogen and oxygen atoms in total. The van der Waals surface area contributed by atoms with Gasteiger partial charge >= 0.3 is 10.0 Å². The molecular weight excluding hydrogens is 306 g/mol. The van der Waals surface area contributed by atoms with Gasteiger partial charge in [0.1, 0.15) is 0 Å². The fourth-order valence-electron chi connectivity index (χ4n) is 1.49. The average Bonchev–Trinajstić information content (AvgIpc) is 2.35. The van der Waals surface area contributed by atoms with Gasteiger partial charge in [-0.05, 0) is 24.3 Å². The highest BCUT2D eigenvalue weighted by atomic mass is 32.2. The molecule has 0 aliphatic rings. The molecule has 0 fully saturated rings. The van der Waals surface area contributed by atoms with Crippen LogP contribution in [-0.2, 0) is 14.8 Å². The molecular formula is C10H11N3O7S. The van der Waals surface area contributed by atoms with E-state index in [1.165, 1.54) is 6.92 Å². The Morgan fingerprint density at radius 2 is 1.86 bits per heavy atom. The molecule has 0 bridgehead atoms. The maximum absolute atomic E-state index is 12.1. The molecule has 21 heavy (non-hydrogen) atoms. The van der Waals surface area contributed by atoms with Crippen molar-refractivity contribution in [1.29, 1.82) is 0 Å². The Morgan fingerprint density at radius 1 is 1.29 bits per heavy atom. The molecule has 1 aromatic carbocycles. The van der Waals surface area contributed by atoms with Gasteiger partial charge in [-0.3, -0.25) is 14.9 Å². The van der Waals surface area contributed by atoms with Gasteiger partial charge < -0.3 is 0 Å². The number of hydrazine groups is 1. The van der Waals surface area contributed by atoms with Crippen LogP contribution in [0, 0.1) is 27.2 Å². The lowest BCUT2D eigenvalue weighted by molar-refractivity contribution is -0.617. The van der Waals surface area contributed by atoms with Crippen LogP contribution in [0.2, 0.25) is 0 Å². The summed E-state index contributed by atoms with van der Waals surface area (Å²) in [4.78, 5) is 31.1. The van der Waals surface area contributed by atoms with Gasteiger partial charge in [0.2, 0.25) is 0 Å². The summed E-state index contributed by atoms with van der Waals surface area (Å²) in [6.45, 7) is 1.43. The Balaban J connectivity index is 3.41. The molecule has 0 spiro atoms. The van der Waals surface area contributed by atoms with Crippen LogP contribution in [0.4, 0.5) is 5.69 Å². The highest BCUT2D eigenvalue weighted by molar-refractivity contribution is 7.89. The topological polar surface area (TPSA) is 141 Å². The molecule has 0 amide bonds. The van der Waals surface area contributed by atoms with Crippen molar-refractivity contribution in [1.82, 2.24) is 4.41 Å². The van der Waals surface area contributed by atoms with Crippen LogP contribution in [-0.4, -0.2) is 35.1 Å². The quantitative estimate of drug-likeness (QED) is 0.554. The van der Waals surface area contributed by atoms with Gasteiger partial charge in [0.25, 0.3) is 5.69 Å².